The Morgan fingerprint density at radius 3 is 2.50 bits per heavy atom. The standard InChI is InChI=1S/C13H17ClN2/c1-3-13(8-9-15)16-10(2)11-4-6-12(14)7-5-11/h4-7,10,13,16H,3,8H2,1-2H3/t10-,13?/m0/s1. The molecule has 0 aromatic heterocycles. The molecule has 0 aliphatic heterocycles. The van der Waals surface area contributed by atoms with Gasteiger partial charge >= 0.3 is 0 Å². The van der Waals surface area contributed by atoms with Gasteiger partial charge in [0, 0.05) is 17.1 Å². The van der Waals surface area contributed by atoms with Gasteiger partial charge in [0.15, 0.2) is 0 Å². The van der Waals surface area contributed by atoms with Crippen molar-refractivity contribution in [1.82, 2.24) is 5.32 Å². The quantitative estimate of drug-likeness (QED) is 0.847. The highest BCUT2D eigenvalue weighted by Crippen LogP contribution is 2.17. The first-order chi connectivity index (χ1) is 7.67. The Balaban J connectivity index is 2.60. The summed E-state index contributed by atoms with van der Waals surface area (Å²) in [4.78, 5) is 0. The van der Waals surface area contributed by atoms with E-state index in [0.29, 0.717) is 6.42 Å². The normalized spacial score (nSPS) is 14.1. The van der Waals surface area contributed by atoms with Gasteiger partial charge in [-0.1, -0.05) is 30.7 Å². The summed E-state index contributed by atoms with van der Waals surface area (Å²) < 4.78 is 0. The molecule has 2 nitrogen and oxygen atoms in total. The zero-order valence-electron chi connectivity index (χ0n) is 9.70. The molecule has 0 heterocycles. The Kier molecular flexibility index (Phi) is 5.31. The van der Waals surface area contributed by atoms with Crippen molar-refractivity contribution in [2.75, 3.05) is 0 Å². The Hall–Kier alpha value is -1.04. The highest BCUT2D eigenvalue weighted by atomic mass is 35.5. The maximum Gasteiger partial charge on any atom is 0.0638 e. The Morgan fingerprint density at radius 1 is 1.38 bits per heavy atom. The van der Waals surface area contributed by atoms with E-state index in [2.05, 4.69) is 25.2 Å². The maximum absolute atomic E-state index is 8.68. The SMILES string of the molecule is CCC(CC#N)N[C@@H](C)c1ccc(Cl)cc1. The number of benzene rings is 1. The van der Waals surface area contributed by atoms with Crippen LogP contribution in [0.4, 0.5) is 0 Å². The molecule has 0 aliphatic rings. The monoisotopic (exact) mass is 236 g/mol. The average Bonchev–Trinajstić information content (AvgIpc) is 2.29. The lowest BCUT2D eigenvalue weighted by Gasteiger charge is -2.20. The third-order valence-electron chi connectivity index (χ3n) is 2.69. The highest BCUT2D eigenvalue weighted by Gasteiger charge is 2.11. The fourth-order valence-corrected chi connectivity index (χ4v) is 1.76. The lowest BCUT2D eigenvalue weighted by molar-refractivity contribution is 0.448. The minimum Gasteiger partial charge on any atom is -0.306 e. The first-order valence-corrected chi connectivity index (χ1v) is 5.93. The van der Waals surface area contributed by atoms with Gasteiger partial charge in [-0.25, -0.2) is 0 Å². The Labute approximate surface area is 102 Å². The van der Waals surface area contributed by atoms with E-state index in [-0.39, 0.29) is 12.1 Å². The molecule has 1 unspecified atom stereocenters. The van der Waals surface area contributed by atoms with Gasteiger partial charge in [0.2, 0.25) is 0 Å². The molecule has 1 aromatic rings. The zero-order chi connectivity index (χ0) is 12.0. The lowest BCUT2D eigenvalue weighted by atomic mass is 10.1. The minimum absolute atomic E-state index is 0.246. The maximum atomic E-state index is 8.68. The Morgan fingerprint density at radius 2 is 2.00 bits per heavy atom. The molecule has 0 saturated carbocycles. The van der Waals surface area contributed by atoms with E-state index in [4.69, 9.17) is 16.9 Å². The van der Waals surface area contributed by atoms with E-state index >= 15 is 0 Å². The second kappa shape index (κ2) is 6.52. The van der Waals surface area contributed by atoms with Gasteiger partial charge in [-0.2, -0.15) is 5.26 Å². The van der Waals surface area contributed by atoms with Crippen LogP contribution in [-0.2, 0) is 0 Å². The van der Waals surface area contributed by atoms with Crippen LogP contribution in [0.3, 0.4) is 0 Å². The molecule has 1 aromatic carbocycles. The third kappa shape index (κ3) is 3.84. The van der Waals surface area contributed by atoms with Gasteiger partial charge in [-0.15, -0.1) is 0 Å². The fraction of sp³-hybridized carbons (Fsp3) is 0.462. The number of nitrogens with zero attached hydrogens (tertiary/aromatic N) is 1. The van der Waals surface area contributed by atoms with Crippen LogP contribution in [0.25, 0.3) is 0 Å². The zero-order valence-corrected chi connectivity index (χ0v) is 10.5. The van der Waals surface area contributed by atoms with E-state index in [1.54, 1.807) is 0 Å². The molecule has 0 amide bonds. The van der Waals surface area contributed by atoms with E-state index in [9.17, 15) is 0 Å². The van der Waals surface area contributed by atoms with Crippen LogP contribution in [0.15, 0.2) is 24.3 Å². The van der Waals surface area contributed by atoms with Crippen molar-refractivity contribution in [3.8, 4) is 6.07 Å². The predicted octanol–water partition coefficient (Wildman–Crippen LogP) is 3.68. The third-order valence-corrected chi connectivity index (χ3v) is 2.94. The van der Waals surface area contributed by atoms with Gasteiger partial charge in [0.1, 0.15) is 0 Å². The van der Waals surface area contributed by atoms with Crippen molar-refractivity contribution in [2.45, 2.75) is 38.8 Å². The smallest absolute Gasteiger partial charge is 0.0638 e. The fourth-order valence-electron chi connectivity index (χ4n) is 1.63. The number of rotatable bonds is 5. The predicted molar refractivity (Wildman–Crippen MR) is 67.3 cm³/mol. The summed E-state index contributed by atoms with van der Waals surface area (Å²) in [5, 5.41) is 12.9. The van der Waals surface area contributed by atoms with Crippen LogP contribution >= 0.6 is 11.6 Å². The molecule has 86 valence electrons. The number of nitriles is 1. The van der Waals surface area contributed by atoms with E-state index < -0.39 is 0 Å². The summed E-state index contributed by atoms with van der Waals surface area (Å²) in [7, 11) is 0. The molecule has 0 aliphatic carbocycles. The van der Waals surface area contributed by atoms with Crippen molar-refractivity contribution in [1.29, 1.82) is 5.26 Å². The second-order valence-electron chi connectivity index (χ2n) is 3.91. The van der Waals surface area contributed by atoms with Gasteiger partial charge in [-0.05, 0) is 31.0 Å². The number of hydrogen-bond acceptors (Lipinski definition) is 2. The summed E-state index contributed by atoms with van der Waals surface area (Å²) in [5.41, 5.74) is 1.20. The van der Waals surface area contributed by atoms with Crippen LogP contribution in [0.5, 0.6) is 0 Å². The summed E-state index contributed by atoms with van der Waals surface area (Å²) in [6.07, 6.45) is 1.51. The molecule has 16 heavy (non-hydrogen) atoms. The van der Waals surface area contributed by atoms with Crippen molar-refractivity contribution in [3.05, 3.63) is 34.9 Å². The van der Waals surface area contributed by atoms with E-state index in [1.807, 2.05) is 24.3 Å². The molecule has 0 fully saturated rings. The largest absolute Gasteiger partial charge is 0.306 e. The molecule has 2 atom stereocenters. The number of halogens is 1. The number of hydrogen-bond donors (Lipinski definition) is 1. The molecular formula is C13H17ClN2. The molecule has 3 heteroatoms. The van der Waals surface area contributed by atoms with Crippen LogP contribution in [0, 0.1) is 11.3 Å². The molecule has 0 radical (unpaired) electrons. The molecule has 1 rings (SSSR count). The molecule has 0 bridgehead atoms. The van der Waals surface area contributed by atoms with Crippen molar-refractivity contribution in [2.24, 2.45) is 0 Å². The Bertz CT molecular complexity index is 353. The second-order valence-corrected chi connectivity index (χ2v) is 4.34. The summed E-state index contributed by atoms with van der Waals surface area (Å²) in [6, 6.07) is 10.5. The topological polar surface area (TPSA) is 35.8 Å². The summed E-state index contributed by atoms with van der Waals surface area (Å²) in [5.74, 6) is 0. The van der Waals surface area contributed by atoms with Crippen LogP contribution in [0.1, 0.15) is 38.3 Å². The van der Waals surface area contributed by atoms with Gasteiger partial charge in [0.05, 0.1) is 12.5 Å². The average molecular weight is 237 g/mol. The van der Waals surface area contributed by atoms with Crippen molar-refractivity contribution in [3.63, 3.8) is 0 Å². The highest BCUT2D eigenvalue weighted by molar-refractivity contribution is 6.30. The summed E-state index contributed by atoms with van der Waals surface area (Å²) >= 11 is 5.84. The van der Waals surface area contributed by atoms with Gasteiger partial charge < -0.3 is 5.32 Å². The van der Waals surface area contributed by atoms with Crippen LogP contribution < -0.4 is 5.32 Å². The molecule has 1 N–H and O–H groups in total. The first kappa shape index (κ1) is 13.0. The van der Waals surface area contributed by atoms with Crippen molar-refractivity contribution < 1.29 is 0 Å². The van der Waals surface area contributed by atoms with Crippen LogP contribution in [-0.4, -0.2) is 6.04 Å². The van der Waals surface area contributed by atoms with Crippen molar-refractivity contribution >= 4 is 11.6 Å². The molecule has 0 spiro atoms. The van der Waals surface area contributed by atoms with E-state index in [1.165, 1.54) is 5.56 Å². The minimum atomic E-state index is 0.246. The van der Waals surface area contributed by atoms with E-state index in [0.717, 1.165) is 11.4 Å². The lowest BCUT2D eigenvalue weighted by Crippen LogP contribution is -2.30. The first-order valence-electron chi connectivity index (χ1n) is 5.55. The number of nitrogens with one attached hydrogen (secondary N) is 1. The van der Waals surface area contributed by atoms with Crippen LogP contribution in [0.2, 0.25) is 5.02 Å². The molecule has 0 saturated heterocycles. The van der Waals surface area contributed by atoms with Gasteiger partial charge in [-0.3, -0.25) is 0 Å². The summed E-state index contributed by atoms with van der Waals surface area (Å²) in [6.45, 7) is 4.19. The molecular weight excluding hydrogens is 220 g/mol. The van der Waals surface area contributed by atoms with Gasteiger partial charge in [0.25, 0.3) is 0 Å².